The van der Waals surface area contributed by atoms with Crippen molar-refractivity contribution in [1.82, 2.24) is 5.32 Å². The summed E-state index contributed by atoms with van der Waals surface area (Å²) in [5, 5.41) is 3.33. The molecule has 82 valence electrons. The van der Waals surface area contributed by atoms with Crippen LogP contribution in [0.3, 0.4) is 0 Å². The van der Waals surface area contributed by atoms with Crippen molar-refractivity contribution in [2.45, 2.75) is 13.0 Å². The van der Waals surface area contributed by atoms with Crippen LogP contribution in [0.2, 0.25) is 0 Å². The van der Waals surface area contributed by atoms with E-state index in [9.17, 15) is 9.18 Å². The maximum Gasteiger partial charge on any atom is 0.221 e. The topological polar surface area (TPSA) is 29.1 Å². The van der Waals surface area contributed by atoms with Crippen LogP contribution in [-0.4, -0.2) is 11.2 Å². The highest BCUT2D eigenvalue weighted by molar-refractivity contribution is 9.10. The Balaban J connectivity index is 2.57. The van der Waals surface area contributed by atoms with Gasteiger partial charge in [0.25, 0.3) is 0 Å². The Morgan fingerprint density at radius 1 is 1.47 bits per heavy atom. The zero-order chi connectivity index (χ0) is 11.3. The van der Waals surface area contributed by atoms with Crippen LogP contribution in [0.4, 0.5) is 4.39 Å². The highest BCUT2D eigenvalue weighted by Gasteiger charge is 2.04. The predicted octanol–water partition coefficient (Wildman–Crippen LogP) is 2.99. The first-order valence-corrected chi connectivity index (χ1v) is 6.31. The van der Waals surface area contributed by atoms with Crippen molar-refractivity contribution in [3.8, 4) is 0 Å². The Morgan fingerprint density at radius 3 is 2.87 bits per heavy atom. The van der Waals surface area contributed by atoms with E-state index in [1.165, 1.54) is 12.1 Å². The molecule has 0 aromatic heterocycles. The zero-order valence-electron chi connectivity index (χ0n) is 7.90. The second-order valence-electron chi connectivity index (χ2n) is 2.95. The molecule has 0 fully saturated rings. The molecule has 1 amide bonds. The molecule has 0 bridgehead atoms. The van der Waals surface area contributed by atoms with Gasteiger partial charge in [-0.05, 0) is 23.8 Å². The molecule has 1 N–H and O–H groups in total. The first-order chi connectivity index (χ1) is 7.13. The molecule has 0 heterocycles. The Kier molecular flexibility index (Phi) is 5.25. The molecule has 1 rings (SSSR count). The summed E-state index contributed by atoms with van der Waals surface area (Å²) in [6.07, 6.45) is 0.424. The Hall–Kier alpha value is -0.420. The SMILES string of the molecule is O=C(CCBr)NCc1cc(F)ccc1Br. The van der Waals surface area contributed by atoms with Crippen LogP contribution < -0.4 is 5.32 Å². The standard InChI is InChI=1S/C10H10Br2FNO/c11-4-3-10(15)14-6-7-5-8(13)1-2-9(7)12/h1-2,5H,3-4,6H2,(H,14,15). The van der Waals surface area contributed by atoms with E-state index < -0.39 is 0 Å². The lowest BCUT2D eigenvalue weighted by Crippen LogP contribution is -2.22. The number of hydrogen-bond donors (Lipinski definition) is 1. The van der Waals surface area contributed by atoms with Gasteiger partial charge in [-0.25, -0.2) is 4.39 Å². The fourth-order valence-corrected chi connectivity index (χ4v) is 1.79. The molecule has 0 saturated carbocycles. The average molecular weight is 339 g/mol. The fourth-order valence-electron chi connectivity index (χ4n) is 1.05. The highest BCUT2D eigenvalue weighted by Crippen LogP contribution is 2.17. The first kappa shape index (κ1) is 12.6. The smallest absolute Gasteiger partial charge is 0.221 e. The molecule has 0 aliphatic carbocycles. The van der Waals surface area contributed by atoms with Crippen LogP contribution in [0.5, 0.6) is 0 Å². The lowest BCUT2D eigenvalue weighted by atomic mass is 10.2. The summed E-state index contributed by atoms with van der Waals surface area (Å²) in [4.78, 5) is 11.2. The molecule has 5 heteroatoms. The average Bonchev–Trinajstić information content (AvgIpc) is 2.20. The maximum atomic E-state index is 12.9. The predicted molar refractivity (Wildman–Crippen MR) is 64.4 cm³/mol. The Bertz CT molecular complexity index is 357. The van der Waals surface area contributed by atoms with Crippen LogP contribution in [-0.2, 0) is 11.3 Å². The van der Waals surface area contributed by atoms with Gasteiger partial charge in [-0.2, -0.15) is 0 Å². The van der Waals surface area contributed by atoms with Crippen molar-refractivity contribution >= 4 is 37.8 Å². The van der Waals surface area contributed by atoms with Crippen LogP contribution in [0.25, 0.3) is 0 Å². The van der Waals surface area contributed by atoms with Crippen molar-refractivity contribution in [3.05, 3.63) is 34.1 Å². The highest BCUT2D eigenvalue weighted by atomic mass is 79.9. The van der Waals surface area contributed by atoms with Crippen LogP contribution >= 0.6 is 31.9 Å². The van der Waals surface area contributed by atoms with Crippen molar-refractivity contribution in [2.75, 3.05) is 5.33 Å². The molecule has 0 unspecified atom stereocenters. The van der Waals surface area contributed by atoms with Gasteiger partial charge >= 0.3 is 0 Å². The number of halogens is 3. The van der Waals surface area contributed by atoms with E-state index in [1.54, 1.807) is 6.07 Å². The number of hydrogen-bond acceptors (Lipinski definition) is 1. The molecule has 0 aliphatic rings. The lowest BCUT2D eigenvalue weighted by molar-refractivity contribution is -0.120. The van der Waals surface area contributed by atoms with Crippen molar-refractivity contribution < 1.29 is 9.18 Å². The second kappa shape index (κ2) is 6.23. The summed E-state index contributed by atoms with van der Waals surface area (Å²) in [5.41, 5.74) is 0.734. The maximum absolute atomic E-state index is 12.9. The second-order valence-corrected chi connectivity index (χ2v) is 4.60. The van der Waals surface area contributed by atoms with E-state index in [0.29, 0.717) is 18.3 Å². The third kappa shape index (κ3) is 4.30. The van der Waals surface area contributed by atoms with Gasteiger partial charge in [0, 0.05) is 22.8 Å². The summed E-state index contributed by atoms with van der Waals surface area (Å²) >= 11 is 6.46. The molecule has 2 nitrogen and oxygen atoms in total. The minimum atomic E-state index is -0.303. The quantitative estimate of drug-likeness (QED) is 0.840. The van der Waals surface area contributed by atoms with Crippen molar-refractivity contribution in [1.29, 1.82) is 0 Å². The first-order valence-electron chi connectivity index (χ1n) is 4.40. The van der Waals surface area contributed by atoms with Gasteiger partial charge in [-0.3, -0.25) is 4.79 Å². The Morgan fingerprint density at radius 2 is 2.20 bits per heavy atom. The number of nitrogens with one attached hydrogen (secondary N) is 1. The van der Waals surface area contributed by atoms with Gasteiger partial charge in [-0.15, -0.1) is 0 Å². The van der Waals surface area contributed by atoms with Gasteiger partial charge in [0.15, 0.2) is 0 Å². The minimum Gasteiger partial charge on any atom is -0.352 e. The molecule has 0 atom stereocenters. The number of rotatable bonds is 4. The third-order valence-corrected chi connectivity index (χ3v) is 2.98. The van der Waals surface area contributed by atoms with E-state index >= 15 is 0 Å². The summed E-state index contributed by atoms with van der Waals surface area (Å²) in [6.45, 7) is 0.337. The molecule has 0 radical (unpaired) electrons. The molecular formula is C10H10Br2FNO. The van der Waals surface area contributed by atoms with E-state index in [2.05, 4.69) is 37.2 Å². The largest absolute Gasteiger partial charge is 0.352 e. The van der Waals surface area contributed by atoms with Crippen LogP contribution in [0.15, 0.2) is 22.7 Å². The van der Waals surface area contributed by atoms with E-state index in [1.807, 2.05) is 0 Å². The molecule has 0 saturated heterocycles. The van der Waals surface area contributed by atoms with E-state index in [0.717, 1.165) is 10.0 Å². The van der Waals surface area contributed by atoms with Gasteiger partial charge in [0.2, 0.25) is 5.91 Å². The number of benzene rings is 1. The van der Waals surface area contributed by atoms with E-state index in [4.69, 9.17) is 0 Å². The molecule has 0 aliphatic heterocycles. The molecule has 1 aromatic carbocycles. The van der Waals surface area contributed by atoms with Gasteiger partial charge in [0.1, 0.15) is 5.82 Å². The minimum absolute atomic E-state index is 0.0527. The number of carbonyl (C=O) groups is 1. The zero-order valence-corrected chi connectivity index (χ0v) is 11.1. The third-order valence-electron chi connectivity index (χ3n) is 1.81. The van der Waals surface area contributed by atoms with E-state index in [-0.39, 0.29) is 11.7 Å². The molecule has 1 aromatic rings. The van der Waals surface area contributed by atoms with Gasteiger partial charge < -0.3 is 5.32 Å². The molecule has 0 spiro atoms. The number of alkyl halides is 1. The summed E-state index contributed by atoms with van der Waals surface area (Å²) < 4.78 is 13.7. The Labute approximate surface area is 105 Å². The molecule has 15 heavy (non-hydrogen) atoms. The summed E-state index contributed by atoms with van der Waals surface area (Å²) in [7, 11) is 0. The van der Waals surface area contributed by atoms with Crippen molar-refractivity contribution in [3.63, 3.8) is 0 Å². The lowest BCUT2D eigenvalue weighted by Gasteiger charge is -2.06. The normalized spacial score (nSPS) is 10.1. The number of carbonyl (C=O) groups excluding carboxylic acids is 1. The van der Waals surface area contributed by atoms with Gasteiger partial charge in [0.05, 0.1) is 0 Å². The van der Waals surface area contributed by atoms with Crippen LogP contribution in [0, 0.1) is 5.82 Å². The fraction of sp³-hybridized carbons (Fsp3) is 0.300. The number of amides is 1. The molecular weight excluding hydrogens is 329 g/mol. The van der Waals surface area contributed by atoms with Gasteiger partial charge in [-0.1, -0.05) is 31.9 Å². The van der Waals surface area contributed by atoms with Crippen LogP contribution in [0.1, 0.15) is 12.0 Å². The summed E-state index contributed by atoms with van der Waals surface area (Å²) in [6, 6.07) is 4.40. The van der Waals surface area contributed by atoms with Crippen molar-refractivity contribution in [2.24, 2.45) is 0 Å². The monoisotopic (exact) mass is 337 g/mol. The summed E-state index contributed by atoms with van der Waals surface area (Å²) in [5.74, 6) is -0.356.